The van der Waals surface area contributed by atoms with E-state index in [4.69, 9.17) is 13.9 Å². The standard InChI is InChI=1S/C21H29NO7/c1-4-27-21(26)19-18(13(2)23)14(3)29-20(19)22-16(24)12-28-17(25)11-10-15-8-6-5-7-9-15/h15H,4-12H2,1-3H3,(H,22,24). The van der Waals surface area contributed by atoms with Crippen LogP contribution in [0.15, 0.2) is 4.42 Å². The summed E-state index contributed by atoms with van der Waals surface area (Å²) in [6, 6.07) is 0. The molecule has 29 heavy (non-hydrogen) atoms. The van der Waals surface area contributed by atoms with Crippen molar-refractivity contribution in [3.63, 3.8) is 0 Å². The molecule has 1 aromatic heterocycles. The van der Waals surface area contributed by atoms with Crippen molar-refractivity contribution >= 4 is 29.5 Å². The number of ketones is 1. The van der Waals surface area contributed by atoms with Crippen LogP contribution >= 0.6 is 0 Å². The van der Waals surface area contributed by atoms with Crippen LogP contribution in [-0.4, -0.2) is 36.8 Å². The van der Waals surface area contributed by atoms with E-state index in [9.17, 15) is 19.2 Å². The molecule has 8 heteroatoms. The summed E-state index contributed by atoms with van der Waals surface area (Å²) in [5.41, 5.74) is -0.0722. The van der Waals surface area contributed by atoms with Gasteiger partial charge in [0.15, 0.2) is 12.4 Å². The lowest BCUT2D eigenvalue weighted by Gasteiger charge is -2.20. The summed E-state index contributed by atoms with van der Waals surface area (Å²) in [5.74, 6) is -1.69. The van der Waals surface area contributed by atoms with Crippen LogP contribution in [0.2, 0.25) is 0 Å². The molecule has 1 N–H and O–H groups in total. The Hall–Kier alpha value is -2.64. The molecule has 8 nitrogen and oxygen atoms in total. The van der Waals surface area contributed by atoms with Crippen LogP contribution in [0.3, 0.4) is 0 Å². The largest absolute Gasteiger partial charge is 0.462 e. The van der Waals surface area contributed by atoms with Gasteiger partial charge in [-0.3, -0.25) is 19.7 Å². The minimum absolute atomic E-state index is 0.0585. The highest BCUT2D eigenvalue weighted by Crippen LogP contribution is 2.29. The normalized spacial score (nSPS) is 14.3. The second-order valence-corrected chi connectivity index (χ2v) is 7.27. The van der Waals surface area contributed by atoms with Crippen molar-refractivity contribution in [2.24, 2.45) is 5.92 Å². The van der Waals surface area contributed by atoms with E-state index in [0.29, 0.717) is 5.92 Å². The Bertz CT molecular complexity index is 759. The lowest BCUT2D eigenvalue weighted by Crippen LogP contribution is -2.22. The number of anilines is 1. The molecule has 1 fully saturated rings. The van der Waals surface area contributed by atoms with E-state index in [1.54, 1.807) is 6.92 Å². The van der Waals surface area contributed by atoms with Crippen molar-refractivity contribution in [2.75, 3.05) is 18.5 Å². The maximum atomic E-state index is 12.2. The first-order chi connectivity index (χ1) is 13.8. The molecule has 0 aromatic carbocycles. The maximum Gasteiger partial charge on any atom is 0.344 e. The van der Waals surface area contributed by atoms with E-state index in [1.165, 1.54) is 33.1 Å². The van der Waals surface area contributed by atoms with Crippen molar-refractivity contribution in [3.05, 3.63) is 16.9 Å². The molecule has 1 aliphatic rings. The van der Waals surface area contributed by atoms with E-state index >= 15 is 0 Å². The molecule has 1 aromatic rings. The quantitative estimate of drug-likeness (QED) is 0.489. The van der Waals surface area contributed by atoms with E-state index < -0.39 is 24.5 Å². The molecule has 0 atom stereocenters. The molecule has 0 unspecified atom stereocenters. The highest BCUT2D eigenvalue weighted by atomic mass is 16.5. The number of hydrogen-bond acceptors (Lipinski definition) is 7. The summed E-state index contributed by atoms with van der Waals surface area (Å²) < 4.78 is 15.4. The first-order valence-electron chi connectivity index (χ1n) is 10.1. The van der Waals surface area contributed by atoms with Gasteiger partial charge in [0.05, 0.1) is 12.2 Å². The van der Waals surface area contributed by atoms with Crippen LogP contribution in [0.25, 0.3) is 0 Å². The highest BCUT2D eigenvalue weighted by molar-refractivity contribution is 6.10. The molecule has 1 amide bonds. The molecule has 0 bridgehead atoms. The number of rotatable bonds is 9. The minimum atomic E-state index is -0.769. The van der Waals surface area contributed by atoms with Crippen LogP contribution in [0, 0.1) is 12.8 Å². The Balaban J connectivity index is 1.92. The molecule has 1 saturated carbocycles. The molecule has 160 valence electrons. The van der Waals surface area contributed by atoms with Gasteiger partial charge in [-0.25, -0.2) is 4.79 Å². The Morgan fingerprint density at radius 2 is 1.76 bits per heavy atom. The Morgan fingerprint density at radius 1 is 1.07 bits per heavy atom. The topological polar surface area (TPSA) is 112 Å². The minimum Gasteiger partial charge on any atom is -0.462 e. The highest BCUT2D eigenvalue weighted by Gasteiger charge is 2.29. The molecule has 2 rings (SSSR count). The third kappa shape index (κ3) is 6.44. The van der Waals surface area contributed by atoms with Gasteiger partial charge in [-0.05, 0) is 33.1 Å². The van der Waals surface area contributed by atoms with Gasteiger partial charge in [-0.15, -0.1) is 0 Å². The molecule has 0 saturated heterocycles. The third-order valence-corrected chi connectivity index (χ3v) is 5.01. The zero-order chi connectivity index (χ0) is 21.4. The lowest BCUT2D eigenvalue weighted by molar-refractivity contribution is -0.147. The second-order valence-electron chi connectivity index (χ2n) is 7.27. The predicted octanol–water partition coefficient (Wildman–Crippen LogP) is 3.81. The number of furan rings is 1. The van der Waals surface area contributed by atoms with Gasteiger partial charge in [-0.1, -0.05) is 32.1 Å². The summed E-state index contributed by atoms with van der Waals surface area (Å²) in [5, 5.41) is 2.39. The summed E-state index contributed by atoms with van der Waals surface area (Å²) in [7, 11) is 0. The number of amides is 1. The monoisotopic (exact) mass is 407 g/mol. The smallest absolute Gasteiger partial charge is 0.344 e. The maximum absolute atomic E-state index is 12.2. The summed E-state index contributed by atoms with van der Waals surface area (Å²) in [6.45, 7) is 4.04. The van der Waals surface area contributed by atoms with Crippen molar-refractivity contribution in [2.45, 2.75) is 65.7 Å². The summed E-state index contributed by atoms with van der Waals surface area (Å²) >= 11 is 0. The number of esters is 2. The van der Waals surface area contributed by atoms with E-state index in [2.05, 4.69) is 5.32 Å². The fourth-order valence-corrected chi connectivity index (χ4v) is 3.63. The number of hydrogen-bond donors (Lipinski definition) is 1. The zero-order valence-electron chi connectivity index (χ0n) is 17.3. The molecular weight excluding hydrogens is 378 g/mol. The Labute approximate surface area is 170 Å². The van der Waals surface area contributed by atoms with Gasteiger partial charge in [0.1, 0.15) is 11.3 Å². The average Bonchev–Trinajstić information content (AvgIpc) is 3.01. The fourth-order valence-electron chi connectivity index (χ4n) is 3.63. The van der Waals surface area contributed by atoms with Crippen LogP contribution in [0.1, 0.15) is 85.3 Å². The van der Waals surface area contributed by atoms with Crippen molar-refractivity contribution < 1.29 is 33.1 Å². The Morgan fingerprint density at radius 3 is 2.38 bits per heavy atom. The van der Waals surface area contributed by atoms with E-state index in [1.807, 2.05) is 0 Å². The van der Waals surface area contributed by atoms with Crippen LogP contribution in [-0.2, 0) is 19.1 Å². The molecule has 0 aliphatic heterocycles. The number of Topliss-reactive ketones (excluding diaryl/α,β-unsaturated/α-hetero) is 1. The first kappa shape index (κ1) is 22.6. The number of carbonyl (C=O) groups excluding carboxylic acids is 4. The molecule has 0 spiro atoms. The third-order valence-electron chi connectivity index (χ3n) is 5.01. The number of aryl methyl sites for hydroxylation is 1. The molecule has 1 heterocycles. The summed E-state index contributed by atoms with van der Waals surface area (Å²) in [6.07, 6.45) is 6.99. The van der Waals surface area contributed by atoms with Crippen LogP contribution in [0.4, 0.5) is 5.88 Å². The van der Waals surface area contributed by atoms with Crippen LogP contribution in [0.5, 0.6) is 0 Å². The average molecular weight is 407 g/mol. The Kier molecular flexibility index (Phi) is 8.42. The van der Waals surface area contributed by atoms with Crippen molar-refractivity contribution in [1.29, 1.82) is 0 Å². The molecular formula is C21H29NO7. The van der Waals surface area contributed by atoms with Crippen LogP contribution < -0.4 is 5.32 Å². The molecule has 1 aliphatic carbocycles. The van der Waals surface area contributed by atoms with E-state index in [-0.39, 0.29) is 41.6 Å². The van der Waals surface area contributed by atoms with Gasteiger partial charge in [0, 0.05) is 6.42 Å². The van der Waals surface area contributed by atoms with E-state index in [0.717, 1.165) is 19.3 Å². The SMILES string of the molecule is CCOC(=O)c1c(NC(=O)COC(=O)CCC2CCCCC2)oc(C)c1C(C)=O. The first-order valence-corrected chi connectivity index (χ1v) is 10.1. The predicted molar refractivity (Wildman–Crippen MR) is 105 cm³/mol. The zero-order valence-corrected chi connectivity index (χ0v) is 17.3. The van der Waals surface area contributed by atoms with Crippen molar-refractivity contribution in [1.82, 2.24) is 0 Å². The number of nitrogens with one attached hydrogen (secondary N) is 1. The number of carbonyl (C=O) groups is 4. The van der Waals surface area contributed by atoms with Gasteiger partial charge in [0.25, 0.3) is 5.91 Å². The van der Waals surface area contributed by atoms with Gasteiger partial charge in [0.2, 0.25) is 5.88 Å². The second kappa shape index (κ2) is 10.8. The lowest BCUT2D eigenvalue weighted by atomic mass is 9.86. The fraction of sp³-hybridized carbons (Fsp3) is 0.619. The summed E-state index contributed by atoms with van der Waals surface area (Å²) in [4.78, 5) is 48.1. The van der Waals surface area contributed by atoms with Gasteiger partial charge in [-0.2, -0.15) is 0 Å². The van der Waals surface area contributed by atoms with Crippen molar-refractivity contribution in [3.8, 4) is 0 Å². The number of ether oxygens (including phenoxy) is 2. The van der Waals surface area contributed by atoms with Gasteiger partial charge < -0.3 is 13.9 Å². The molecule has 0 radical (unpaired) electrons. The van der Waals surface area contributed by atoms with Gasteiger partial charge >= 0.3 is 11.9 Å².